The lowest BCUT2D eigenvalue weighted by Crippen LogP contribution is -1.91. The van der Waals surface area contributed by atoms with Crippen LogP contribution in [-0.4, -0.2) is 0 Å². The van der Waals surface area contributed by atoms with Crippen molar-refractivity contribution < 1.29 is 0 Å². The first-order chi connectivity index (χ1) is 28.7. The molecule has 0 saturated heterocycles. The van der Waals surface area contributed by atoms with Crippen molar-refractivity contribution in [3.63, 3.8) is 0 Å². The molecule has 0 aliphatic heterocycles. The van der Waals surface area contributed by atoms with Crippen LogP contribution in [0, 0.1) is 0 Å². The lowest BCUT2D eigenvalue weighted by Gasteiger charge is -2.18. The second-order valence-electron chi connectivity index (χ2n) is 15.3. The largest absolute Gasteiger partial charge is 0.0622 e. The van der Waals surface area contributed by atoms with E-state index >= 15 is 0 Å². The summed E-state index contributed by atoms with van der Waals surface area (Å²) in [6.45, 7) is 0. The molecule has 0 atom stereocenters. The van der Waals surface area contributed by atoms with Gasteiger partial charge in [0.15, 0.2) is 0 Å². The average molecular weight is 735 g/mol. The summed E-state index contributed by atoms with van der Waals surface area (Å²) in [4.78, 5) is 0. The third kappa shape index (κ3) is 6.04. The van der Waals surface area contributed by atoms with Crippen molar-refractivity contribution in [3.8, 4) is 66.8 Å². The molecule has 11 aromatic carbocycles. The van der Waals surface area contributed by atoms with Gasteiger partial charge in [-0.15, -0.1) is 0 Å². The van der Waals surface area contributed by atoms with Gasteiger partial charge in [-0.05, 0) is 128 Å². The molecule has 0 amide bonds. The zero-order valence-electron chi connectivity index (χ0n) is 31.9. The molecule has 0 fully saturated rings. The van der Waals surface area contributed by atoms with Gasteiger partial charge in [0.05, 0.1) is 0 Å². The molecule has 0 aromatic heterocycles. The average Bonchev–Trinajstić information content (AvgIpc) is 3.30. The molecule has 0 bridgehead atoms. The maximum Gasteiger partial charge on any atom is -0.00262 e. The Labute approximate surface area is 339 Å². The molecule has 270 valence electrons. The summed E-state index contributed by atoms with van der Waals surface area (Å²) in [5.41, 5.74) is 14.8. The van der Waals surface area contributed by atoms with Crippen LogP contribution in [0.15, 0.2) is 231 Å². The van der Waals surface area contributed by atoms with E-state index in [4.69, 9.17) is 0 Å². The smallest absolute Gasteiger partial charge is 0.00262 e. The SMILES string of the molecule is c1ccc(-c2ccc(-c3ccc(-c4ccc5ccc(-c6c7ccccc7c(-c7ccc(-c8ccc9ccccc9c8)cc7)c7ccccc67)cc5c4)cc3)cc2)cc1. The van der Waals surface area contributed by atoms with Gasteiger partial charge in [0, 0.05) is 0 Å². The van der Waals surface area contributed by atoms with Crippen LogP contribution in [0.1, 0.15) is 0 Å². The van der Waals surface area contributed by atoms with Gasteiger partial charge >= 0.3 is 0 Å². The predicted molar refractivity (Wildman–Crippen MR) is 249 cm³/mol. The highest BCUT2D eigenvalue weighted by molar-refractivity contribution is 6.21. The van der Waals surface area contributed by atoms with E-state index in [9.17, 15) is 0 Å². The highest BCUT2D eigenvalue weighted by Gasteiger charge is 2.17. The standard InChI is InChI=1S/C58H38/c1-2-10-39(11-3-1)41-18-20-42(21-19-41)43-22-24-44(25-23-43)50-34-29-46-30-35-51(38-52(46)37-50)58-55-16-8-6-14-53(55)57(54-15-7-9-17-56(54)58)47-31-26-45(27-32-47)49-33-28-40-12-4-5-13-48(40)36-49/h1-38H. The molecule has 0 heteroatoms. The molecule has 0 N–H and O–H groups in total. The molecule has 0 spiro atoms. The second kappa shape index (κ2) is 14.2. The Bertz CT molecular complexity index is 3220. The fourth-order valence-electron chi connectivity index (χ4n) is 8.87. The fourth-order valence-corrected chi connectivity index (χ4v) is 8.87. The van der Waals surface area contributed by atoms with Crippen LogP contribution in [0.3, 0.4) is 0 Å². The molecule has 58 heavy (non-hydrogen) atoms. The molecule has 11 rings (SSSR count). The molecular formula is C58H38. The van der Waals surface area contributed by atoms with Gasteiger partial charge < -0.3 is 0 Å². The Hall–Kier alpha value is -7.54. The van der Waals surface area contributed by atoms with Gasteiger partial charge in [-0.25, -0.2) is 0 Å². The minimum Gasteiger partial charge on any atom is -0.0622 e. The normalized spacial score (nSPS) is 11.4. The van der Waals surface area contributed by atoms with E-state index in [-0.39, 0.29) is 0 Å². The molecule has 0 nitrogen and oxygen atoms in total. The predicted octanol–water partition coefficient (Wildman–Crippen LogP) is 16.3. The quantitative estimate of drug-likeness (QED) is 0.149. The van der Waals surface area contributed by atoms with Crippen LogP contribution in [0.25, 0.3) is 110 Å². The van der Waals surface area contributed by atoms with Crippen molar-refractivity contribution in [1.29, 1.82) is 0 Å². The number of hydrogen-bond acceptors (Lipinski definition) is 0. The second-order valence-corrected chi connectivity index (χ2v) is 15.3. The lowest BCUT2D eigenvalue weighted by atomic mass is 9.85. The first-order valence-corrected chi connectivity index (χ1v) is 20.1. The van der Waals surface area contributed by atoms with Crippen LogP contribution >= 0.6 is 0 Å². The molecule has 0 aliphatic carbocycles. The Balaban J connectivity index is 0.955. The third-order valence-electron chi connectivity index (χ3n) is 11.9. The summed E-state index contributed by atoms with van der Waals surface area (Å²) in [6.07, 6.45) is 0. The van der Waals surface area contributed by atoms with Gasteiger partial charge in [0.2, 0.25) is 0 Å². The van der Waals surface area contributed by atoms with Crippen LogP contribution in [0.2, 0.25) is 0 Å². The molecule has 0 saturated carbocycles. The number of hydrogen-bond donors (Lipinski definition) is 0. The Morgan fingerprint density at radius 3 is 0.948 bits per heavy atom. The van der Waals surface area contributed by atoms with Crippen molar-refractivity contribution in [2.24, 2.45) is 0 Å². The van der Waals surface area contributed by atoms with E-state index in [0.717, 1.165) is 0 Å². The summed E-state index contributed by atoms with van der Waals surface area (Å²) < 4.78 is 0. The van der Waals surface area contributed by atoms with E-state index in [1.807, 2.05) is 0 Å². The molecular weight excluding hydrogens is 697 g/mol. The van der Waals surface area contributed by atoms with Crippen molar-refractivity contribution >= 4 is 43.1 Å². The van der Waals surface area contributed by atoms with E-state index < -0.39 is 0 Å². The summed E-state index contributed by atoms with van der Waals surface area (Å²) in [5.74, 6) is 0. The maximum absolute atomic E-state index is 2.38. The molecule has 0 heterocycles. The maximum atomic E-state index is 2.38. The van der Waals surface area contributed by atoms with Gasteiger partial charge in [0.25, 0.3) is 0 Å². The van der Waals surface area contributed by atoms with E-state index in [1.165, 1.54) is 110 Å². The van der Waals surface area contributed by atoms with Crippen LogP contribution in [0.4, 0.5) is 0 Å². The molecule has 0 unspecified atom stereocenters. The topological polar surface area (TPSA) is 0 Å². The van der Waals surface area contributed by atoms with E-state index in [2.05, 4.69) is 231 Å². The molecule has 0 radical (unpaired) electrons. The summed E-state index contributed by atoms with van der Waals surface area (Å²) >= 11 is 0. The van der Waals surface area contributed by atoms with Gasteiger partial charge in [-0.1, -0.05) is 212 Å². The Morgan fingerprint density at radius 1 is 0.155 bits per heavy atom. The Kier molecular flexibility index (Phi) is 8.26. The first kappa shape index (κ1) is 33.8. The number of fused-ring (bicyclic) bond motifs is 4. The van der Waals surface area contributed by atoms with Gasteiger partial charge in [-0.2, -0.15) is 0 Å². The highest BCUT2D eigenvalue weighted by Crippen LogP contribution is 2.44. The van der Waals surface area contributed by atoms with E-state index in [1.54, 1.807) is 0 Å². The minimum absolute atomic E-state index is 1.21. The Morgan fingerprint density at radius 2 is 0.448 bits per heavy atom. The third-order valence-corrected chi connectivity index (χ3v) is 11.9. The van der Waals surface area contributed by atoms with E-state index in [0.29, 0.717) is 0 Å². The number of benzene rings is 11. The van der Waals surface area contributed by atoms with Gasteiger partial charge in [0.1, 0.15) is 0 Å². The summed E-state index contributed by atoms with van der Waals surface area (Å²) in [6, 6.07) is 84.5. The van der Waals surface area contributed by atoms with Gasteiger partial charge in [-0.3, -0.25) is 0 Å². The first-order valence-electron chi connectivity index (χ1n) is 20.1. The van der Waals surface area contributed by atoms with Crippen LogP contribution < -0.4 is 0 Å². The number of rotatable bonds is 6. The summed E-state index contributed by atoms with van der Waals surface area (Å²) in [5, 5.41) is 10.0. The monoisotopic (exact) mass is 734 g/mol. The minimum atomic E-state index is 1.21. The lowest BCUT2D eigenvalue weighted by molar-refractivity contribution is 1.58. The van der Waals surface area contributed by atoms with Crippen LogP contribution in [0.5, 0.6) is 0 Å². The fraction of sp³-hybridized carbons (Fsp3) is 0. The molecule has 0 aliphatic rings. The molecule has 11 aromatic rings. The van der Waals surface area contributed by atoms with Crippen molar-refractivity contribution in [2.75, 3.05) is 0 Å². The highest BCUT2D eigenvalue weighted by atomic mass is 14.2. The van der Waals surface area contributed by atoms with Crippen molar-refractivity contribution in [3.05, 3.63) is 231 Å². The zero-order valence-corrected chi connectivity index (χ0v) is 31.9. The van der Waals surface area contributed by atoms with Crippen LogP contribution in [-0.2, 0) is 0 Å². The van der Waals surface area contributed by atoms with Crippen molar-refractivity contribution in [2.45, 2.75) is 0 Å². The van der Waals surface area contributed by atoms with Crippen molar-refractivity contribution in [1.82, 2.24) is 0 Å². The zero-order chi connectivity index (χ0) is 38.4. The summed E-state index contributed by atoms with van der Waals surface area (Å²) in [7, 11) is 0.